The SMILES string of the molecule is [CH2][C@H](C)NC(=O)c1ccc(-c2noc(C(CC)Oc3ccc(-c4noc(C(C)C)n4)cc3)n2)cc1F. The molecule has 2 atom stereocenters. The highest BCUT2D eigenvalue weighted by atomic mass is 19.1. The monoisotopic (exact) mass is 492 g/mol. The van der Waals surface area contributed by atoms with Crippen molar-refractivity contribution in [2.24, 2.45) is 0 Å². The molecule has 0 aliphatic carbocycles. The van der Waals surface area contributed by atoms with Crippen LogP contribution in [0.3, 0.4) is 0 Å². The van der Waals surface area contributed by atoms with Gasteiger partial charge < -0.3 is 19.1 Å². The number of carbonyl (C=O) groups is 1. The van der Waals surface area contributed by atoms with Crippen LogP contribution in [-0.2, 0) is 0 Å². The van der Waals surface area contributed by atoms with Crippen LogP contribution in [0.1, 0.15) is 68.3 Å². The Balaban J connectivity index is 1.46. The van der Waals surface area contributed by atoms with Crippen molar-refractivity contribution in [3.63, 3.8) is 0 Å². The second kappa shape index (κ2) is 10.7. The minimum Gasteiger partial charge on any atom is -0.481 e. The summed E-state index contributed by atoms with van der Waals surface area (Å²) in [5, 5.41) is 10.5. The summed E-state index contributed by atoms with van der Waals surface area (Å²) in [6, 6.07) is 11.1. The standard InChI is InChI=1S/C26H27FN5O4/c1-6-21(34-18-10-7-16(8-11-18)22-29-25(14(2)3)35-31-22)26-30-23(32-36-26)17-9-12-19(20(27)13-17)24(33)28-15(4)5/h7-15,21H,4,6H2,1-3,5H3,(H,28,33)/t15-,21?/m1/s1. The molecule has 0 bridgehead atoms. The van der Waals surface area contributed by atoms with Gasteiger partial charge in [0.15, 0.2) is 6.10 Å². The van der Waals surface area contributed by atoms with Crippen LogP contribution < -0.4 is 10.1 Å². The van der Waals surface area contributed by atoms with Crippen LogP contribution in [0.4, 0.5) is 4.39 Å². The number of benzene rings is 2. The fraction of sp³-hybridized carbons (Fsp3) is 0.308. The Morgan fingerprint density at radius 3 is 2.19 bits per heavy atom. The van der Waals surface area contributed by atoms with Gasteiger partial charge in [-0.15, -0.1) is 0 Å². The van der Waals surface area contributed by atoms with Crippen molar-refractivity contribution in [3.05, 3.63) is 72.6 Å². The first-order chi connectivity index (χ1) is 17.2. The van der Waals surface area contributed by atoms with E-state index in [4.69, 9.17) is 13.8 Å². The van der Waals surface area contributed by atoms with Gasteiger partial charge in [0.2, 0.25) is 17.5 Å². The van der Waals surface area contributed by atoms with Crippen molar-refractivity contribution in [2.45, 2.75) is 52.2 Å². The number of rotatable bonds is 9. The minimum absolute atomic E-state index is 0.0857. The molecular formula is C26H27FN5O4. The molecule has 1 radical (unpaired) electrons. The highest BCUT2D eigenvalue weighted by molar-refractivity contribution is 5.95. The molecule has 0 aliphatic heterocycles. The maximum atomic E-state index is 14.5. The first-order valence-electron chi connectivity index (χ1n) is 11.6. The molecule has 1 N–H and O–H groups in total. The Labute approximate surface area is 208 Å². The van der Waals surface area contributed by atoms with Crippen LogP contribution in [0, 0.1) is 12.7 Å². The lowest BCUT2D eigenvalue weighted by atomic mass is 10.1. The molecule has 4 aromatic rings. The van der Waals surface area contributed by atoms with Crippen molar-refractivity contribution in [2.75, 3.05) is 0 Å². The van der Waals surface area contributed by atoms with Crippen LogP contribution in [0.15, 0.2) is 51.5 Å². The lowest BCUT2D eigenvalue weighted by Crippen LogP contribution is -2.30. The van der Waals surface area contributed by atoms with Gasteiger partial charge >= 0.3 is 0 Å². The van der Waals surface area contributed by atoms with Crippen LogP contribution >= 0.6 is 0 Å². The molecule has 2 aromatic heterocycles. The van der Waals surface area contributed by atoms with E-state index >= 15 is 0 Å². The van der Waals surface area contributed by atoms with Gasteiger partial charge in [0.25, 0.3) is 11.8 Å². The third-order valence-electron chi connectivity index (χ3n) is 5.26. The van der Waals surface area contributed by atoms with E-state index in [1.807, 2.05) is 32.9 Å². The van der Waals surface area contributed by atoms with E-state index in [2.05, 4.69) is 32.5 Å². The zero-order valence-electron chi connectivity index (χ0n) is 20.5. The van der Waals surface area contributed by atoms with Gasteiger partial charge in [-0.25, -0.2) is 4.39 Å². The van der Waals surface area contributed by atoms with Gasteiger partial charge in [-0.05, 0) is 56.7 Å². The average molecular weight is 493 g/mol. The second-order valence-electron chi connectivity index (χ2n) is 8.68. The number of aromatic nitrogens is 4. The summed E-state index contributed by atoms with van der Waals surface area (Å²) < 4.78 is 31.3. The van der Waals surface area contributed by atoms with E-state index in [1.165, 1.54) is 12.1 Å². The Kier molecular flexibility index (Phi) is 7.42. The lowest BCUT2D eigenvalue weighted by Gasteiger charge is -2.13. The lowest BCUT2D eigenvalue weighted by molar-refractivity contribution is 0.0942. The summed E-state index contributed by atoms with van der Waals surface area (Å²) in [7, 11) is 0. The molecule has 2 heterocycles. The van der Waals surface area contributed by atoms with Gasteiger partial charge in [-0.1, -0.05) is 37.2 Å². The number of hydrogen-bond donors (Lipinski definition) is 1. The third-order valence-corrected chi connectivity index (χ3v) is 5.26. The van der Waals surface area contributed by atoms with E-state index in [1.54, 1.807) is 25.1 Å². The minimum atomic E-state index is -0.692. The normalized spacial score (nSPS) is 12.2. The fourth-order valence-corrected chi connectivity index (χ4v) is 3.37. The number of amides is 1. The van der Waals surface area contributed by atoms with Gasteiger partial charge in [-0.3, -0.25) is 4.79 Å². The van der Waals surface area contributed by atoms with Crippen molar-refractivity contribution in [3.8, 4) is 28.5 Å². The molecule has 0 saturated heterocycles. The zero-order chi connectivity index (χ0) is 25.8. The topological polar surface area (TPSA) is 116 Å². The molecule has 10 heteroatoms. The van der Waals surface area contributed by atoms with Crippen molar-refractivity contribution >= 4 is 5.91 Å². The number of halogens is 1. The van der Waals surface area contributed by atoms with Crippen molar-refractivity contribution in [1.82, 2.24) is 25.6 Å². The Hall–Kier alpha value is -4.08. The van der Waals surface area contributed by atoms with Gasteiger partial charge in [-0.2, -0.15) is 9.97 Å². The average Bonchev–Trinajstić information content (AvgIpc) is 3.53. The fourth-order valence-electron chi connectivity index (χ4n) is 3.37. The second-order valence-corrected chi connectivity index (χ2v) is 8.68. The molecule has 36 heavy (non-hydrogen) atoms. The summed E-state index contributed by atoms with van der Waals surface area (Å²) in [4.78, 5) is 20.9. The van der Waals surface area contributed by atoms with Gasteiger partial charge in [0.05, 0.1) is 5.56 Å². The maximum Gasteiger partial charge on any atom is 0.268 e. The number of nitrogens with zero attached hydrogens (tertiary/aromatic N) is 4. The smallest absolute Gasteiger partial charge is 0.268 e. The molecule has 187 valence electrons. The largest absolute Gasteiger partial charge is 0.481 e. The molecule has 1 unspecified atom stereocenters. The Morgan fingerprint density at radius 1 is 1.00 bits per heavy atom. The summed E-state index contributed by atoms with van der Waals surface area (Å²) >= 11 is 0. The highest BCUT2D eigenvalue weighted by Gasteiger charge is 2.22. The molecular weight excluding hydrogens is 465 g/mol. The van der Waals surface area contributed by atoms with E-state index < -0.39 is 17.8 Å². The van der Waals surface area contributed by atoms with Gasteiger partial charge in [0.1, 0.15) is 11.6 Å². The first kappa shape index (κ1) is 25.0. The van der Waals surface area contributed by atoms with Crippen molar-refractivity contribution < 1.29 is 23.0 Å². The highest BCUT2D eigenvalue weighted by Crippen LogP contribution is 2.28. The maximum absolute atomic E-state index is 14.5. The van der Waals surface area contributed by atoms with Gasteiger partial charge in [0, 0.05) is 23.1 Å². The molecule has 0 saturated carbocycles. The zero-order valence-corrected chi connectivity index (χ0v) is 20.5. The molecule has 2 aromatic carbocycles. The molecule has 1 amide bonds. The number of nitrogens with one attached hydrogen (secondary N) is 1. The first-order valence-corrected chi connectivity index (χ1v) is 11.6. The molecule has 4 rings (SSSR count). The van der Waals surface area contributed by atoms with Crippen LogP contribution in [-0.4, -0.2) is 32.2 Å². The number of carbonyl (C=O) groups excluding carboxylic acids is 1. The quantitative estimate of drug-likeness (QED) is 0.324. The number of ether oxygens (including phenoxy) is 1. The predicted octanol–water partition coefficient (Wildman–Crippen LogP) is 5.53. The van der Waals surface area contributed by atoms with E-state index in [0.29, 0.717) is 29.4 Å². The molecule has 9 nitrogen and oxygen atoms in total. The van der Waals surface area contributed by atoms with Crippen molar-refractivity contribution in [1.29, 1.82) is 0 Å². The van der Waals surface area contributed by atoms with E-state index in [-0.39, 0.29) is 29.2 Å². The molecule has 0 aliphatic rings. The summed E-state index contributed by atoms with van der Waals surface area (Å²) in [5.74, 6) is 1.04. The summed E-state index contributed by atoms with van der Waals surface area (Å²) in [6.45, 7) is 11.3. The summed E-state index contributed by atoms with van der Waals surface area (Å²) in [5.41, 5.74) is 1.09. The number of hydrogen-bond acceptors (Lipinski definition) is 8. The van der Waals surface area contributed by atoms with E-state index in [9.17, 15) is 9.18 Å². The van der Waals surface area contributed by atoms with Crippen LogP contribution in [0.2, 0.25) is 0 Å². The third kappa shape index (κ3) is 5.59. The van der Waals surface area contributed by atoms with Crippen LogP contribution in [0.25, 0.3) is 22.8 Å². The van der Waals surface area contributed by atoms with Crippen LogP contribution in [0.5, 0.6) is 5.75 Å². The molecule has 0 fully saturated rings. The predicted molar refractivity (Wildman–Crippen MR) is 129 cm³/mol. The summed E-state index contributed by atoms with van der Waals surface area (Å²) in [6.07, 6.45) is 0.0473. The van der Waals surface area contributed by atoms with E-state index in [0.717, 1.165) is 5.56 Å². The Bertz CT molecular complexity index is 1330. The molecule has 0 spiro atoms. The Morgan fingerprint density at radius 2 is 1.61 bits per heavy atom.